The van der Waals surface area contributed by atoms with Crippen molar-refractivity contribution in [2.45, 2.75) is 25.2 Å². The Bertz CT molecular complexity index is 973. The summed E-state index contributed by atoms with van der Waals surface area (Å²) >= 11 is 0. The summed E-state index contributed by atoms with van der Waals surface area (Å²) in [6.07, 6.45) is -3.09. The number of fused-ring (bicyclic) bond motifs is 1. The molecule has 31 heavy (non-hydrogen) atoms. The standard InChI is InChI=1S/C19H20F3N5O4/c1-18(12-26-10-15(27(29)30)23-17(26)31-18)11-24-6-8-25(9-7-24)16(28)13-2-4-14(5-3-13)19(20,21)22/h2-5,10H,6-9,11-12H2,1H3/t18-/m0/s1. The van der Waals surface area contributed by atoms with Crippen LogP contribution in [0.1, 0.15) is 22.8 Å². The third kappa shape index (κ3) is 4.33. The van der Waals surface area contributed by atoms with Crippen LogP contribution in [0.5, 0.6) is 6.01 Å². The Morgan fingerprint density at radius 2 is 1.87 bits per heavy atom. The highest BCUT2D eigenvalue weighted by molar-refractivity contribution is 5.94. The van der Waals surface area contributed by atoms with Crippen LogP contribution in [0.15, 0.2) is 30.5 Å². The second-order valence-electron chi connectivity index (χ2n) is 7.96. The summed E-state index contributed by atoms with van der Waals surface area (Å²) in [4.78, 5) is 30.5. The molecule has 0 aliphatic carbocycles. The first-order chi connectivity index (χ1) is 14.5. The maximum atomic E-state index is 12.7. The van der Waals surface area contributed by atoms with Crippen LogP contribution in [0.4, 0.5) is 19.0 Å². The van der Waals surface area contributed by atoms with Crippen molar-refractivity contribution in [3.63, 3.8) is 0 Å². The number of alkyl halides is 3. The third-order valence-electron chi connectivity index (χ3n) is 5.43. The molecule has 166 valence electrons. The Kier molecular flexibility index (Phi) is 5.12. The minimum atomic E-state index is -4.44. The van der Waals surface area contributed by atoms with Crippen molar-refractivity contribution < 1.29 is 27.6 Å². The zero-order valence-electron chi connectivity index (χ0n) is 16.6. The summed E-state index contributed by atoms with van der Waals surface area (Å²) in [6.45, 7) is 4.90. The lowest BCUT2D eigenvalue weighted by Crippen LogP contribution is -2.53. The molecule has 3 heterocycles. The lowest BCUT2D eigenvalue weighted by Gasteiger charge is -2.38. The normalized spacial score (nSPS) is 21.6. The molecular formula is C19H20F3N5O4. The molecule has 1 aromatic carbocycles. The molecule has 1 atom stereocenters. The number of carbonyl (C=O) groups is 1. The number of benzene rings is 1. The van der Waals surface area contributed by atoms with Gasteiger partial charge >= 0.3 is 18.0 Å². The van der Waals surface area contributed by atoms with Crippen LogP contribution < -0.4 is 4.74 Å². The molecule has 2 aromatic rings. The van der Waals surface area contributed by atoms with Crippen LogP contribution in [0.25, 0.3) is 0 Å². The Morgan fingerprint density at radius 1 is 1.23 bits per heavy atom. The van der Waals surface area contributed by atoms with Crippen LogP contribution in [0, 0.1) is 10.1 Å². The van der Waals surface area contributed by atoms with Gasteiger partial charge in [-0.15, -0.1) is 0 Å². The van der Waals surface area contributed by atoms with E-state index < -0.39 is 22.3 Å². The van der Waals surface area contributed by atoms with E-state index in [1.807, 2.05) is 6.92 Å². The van der Waals surface area contributed by atoms with Gasteiger partial charge in [0.25, 0.3) is 5.91 Å². The van der Waals surface area contributed by atoms with Gasteiger partial charge in [-0.05, 0) is 36.1 Å². The van der Waals surface area contributed by atoms with Gasteiger partial charge < -0.3 is 19.8 Å². The molecule has 1 saturated heterocycles. The second kappa shape index (κ2) is 7.52. The predicted octanol–water partition coefficient (Wildman–Crippen LogP) is 2.42. The van der Waals surface area contributed by atoms with E-state index in [2.05, 4.69) is 9.88 Å². The zero-order chi connectivity index (χ0) is 22.4. The summed E-state index contributed by atoms with van der Waals surface area (Å²) in [5.41, 5.74) is -1.17. The molecular weight excluding hydrogens is 419 g/mol. The number of nitrogens with zero attached hydrogens (tertiary/aromatic N) is 5. The minimum absolute atomic E-state index is 0.213. The van der Waals surface area contributed by atoms with Crippen molar-refractivity contribution in [3.8, 4) is 6.01 Å². The number of imidazole rings is 1. The summed E-state index contributed by atoms with van der Waals surface area (Å²) < 4.78 is 45.5. The summed E-state index contributed by atoms with van der Waals surface area (Å²) in [7, 11) is 0. The minimum Gasteiger partial charge on any atom is -0.436 e. The monoisotopic (exact) mass is 439 g/mol. The number of amides is 1. The molecule has 0 saturated carbocycles. The highest BCUT2D eigenvalue weighted by Gasteiger charge is 2.42. The summed E-state index contributed by atoms with van der Waals surface area (Å²) in [5.74, 6) is -0.559. The van der Waals surface area contributed by atoms with Gasteiger partial charge in [-0.2, -0.15) is 13.2 Å². The van der Waals surface area contributed by atoms with Gasteiger partial charge in [0.2, 0.25) is 0 Å². The van der Waals surface area contributed by atoms with E-state index in [1.165, 1.54) is 18.3 Å². The smallest absolute Gasteiger partial charge is 0.416 e. The van der Waals surface area contributed by atoms with E-state index in [1.54, 1.807) is 9.47 Å². The molecule has 9 nitrogen and oxygen atoms in total. The maximum absolute atomic E-state index is 12.7. The van der Waals surface area contributed by atoms with E-state index in [9.17, 15) is 28.1 Å². The molecule has 0 spiro atoms. The highest BCUT2D eigenvalue weighted by atomic mass is 19.4. The maximum Gasteiger partial charge on any atom is 0.416 e. The van der Waals surface area contributed by atoms with Gasteiger partial charge in [-0.25, -0.2) is 0 Å². The van der Waals surface area contributed by atoms with Crippen LogP contribution in [0.3, 0.4) is 0 Å². The molecule has 0 N–H and O–H groups in total. The van der Waals surface area contributed by atoms with E-state index in [0.29, 0.717) is 39.3 Å². The van der Waals surface area contributed by atoms with E-state index >= 15 is 0 Å². The average Bonchev–Trinajstić information content (AvgIpc) is 3.22. The van der Waals surface area contributed by atoms with Crippen molar-refractivity contribution in [1.29, 1.82) is 0 Å². The molecule has 1 aromatic heterocycles. The third-order valence-corrected chi connectivity index (χ3v) is 5.43. The van der Waals surface area contributed by atoms with Gasteiger partial charge in [0.15, 0.2) is 0 Å². The van der Waals surface area contributed by atoms with E-state index in [0.717, 1.165) is 12.1 Å². The number of hydrogen-bond donors (Lipinski definition) is 0. The molecule has 1 amide bonds. The number of piperazine rings is 1. The van der Waals surface area contributed by atoms with Gasteiger partial charge in [0.05, 0.1) is 12.1 Å². The zero-order valence-corrected chi connectivity index (χ0v) is 16.6. The fraction of sp³-hybridized carbons (Fsp3) is 0.474. The van der Waals surface area contributed by atoms with E-state index in [-0.39, 0.29) is 23.3 Å². The Morgan fingerprint density at radius 3 is 2.42 bits per heavy atom. The van der Waals surface area contributed by atoms with Crippen molar-refractivity contribution in [2.75, 3.05) is 32.7 Å². The first kappa shape index (κ1) is 21.1. The number of ether oxygens (including phenoxy) is 1. The van der Waals surface area contributed by atoms with Crippen molar-refractivity contribution in [3.05, 3.63) is 51.7 Å². The molecule has 0 radical (unpaired) electrons. The lowest BCUT2D eigenvalue weighted by molar-refractivity contribution is -0.389. The van der Waals surface area contributed by atoms with Gasteiger partial charge in [-0.1, -0.05) is 0 Å². The number of aromatic nitrogens is 2. The number of nitro groups is 1. The Labute approximate surface area is 175 Å². The van der Waals surface area contributed by atoms with Crippen LogP contribution >= 0.6 is 0 Å². The molecule has 4 rings (SSSR count). The molecule has 0 unspecified atom stereocenters. The Hall–Kier alpha value is -3.15. The number of hydrogen-bond acceptors (Lipinski definition) is 6. The van der Waals surface area contributed by atoms with Crippen molar-refractivity contribution >= 4 is 11.7 Å². The lowest BCUT2D eigenvalue weighted by atomic mass is 10.1. The van der Waals surface area contributed by atoms with Gasteiger partial charge in [-0.3, -0.25) is 14.3 Å². The second-order valence-corrected chi connectivity index (χ2v) is 7.96. The average molecular weight is 439 g/mol. The number of halogens is 3. The van der Waals surface area contributed by atoms with Crippen LogP contribution in [0.2, 0.25) is 0 Å². The fourth-order valence-electron chi connectivity index (χ4n) is 3.93. The fourth-order valence-corrected chi connectivity index (χ4v) is 3.93. The first-order valence-corrected chi connectivity index (χ1v) is 9.64. The van der Waals surface area contributed by atoms with Crippen LogP contribution in [-0.2, 0) is 12.7 Å². The molecule has 1 fully saturated rings. The summed E-state index contributed by atoms with van der Waals surface area (Å²) in [5, 5.41) is 10.8. The Balaban J connectivity index is 1.31. The summed E-state index contributed by atoms with van der Waals surface area (Å²) in [6, 6.07) is 4.44. The molecule has 2 aliphatic rings. The number of carbonyl (C=O) groups excluding carboxylic acids is 1. The van der Waals surface area contributed by atoms with Gasteiger partial charge in [0.1, 0.15) is 11.8 Å². The van der Waals surface area contributed by atoms with Crippen LogP contribution in [-0.4, -0.2) is 68.5 Å². The highest BCUT2D eigenvalue weighted by Crippen LogP contribution is 2.32. The largest absolute Gasteiger partial charge is 0.436 e. The topological polar surface area (TPSA) is 93.7 Å². The SMILES string of the molecule is C[C@]1(CN2CCN(C(=O)c3ccc(C(F)(F)F)cc3)CC2)Cn2cc([N+](=O)[O-])nc2O1. The van der Waals surface area contributed by atoms with Crippen molar-refractivity contribution in [1.82, 2.24) is 19.4 Å². The molecule has 12 heteroatoms. The molecule has 0 bridgehead atoms. The van der Waals surface area contributed by atoms with Gasteiger partial charge in [0, 0.05) is 43.3 Å². The van der Waals surface area contributed by atoms with E-state index in [4.69, 9.17) is 4.74 Å². The first-order valence-electron chi connectivity index (χ1n) is 9.64. The molecule has 2 aliphatic heterocycles. The van der Waals surface area contributed by atoms with Crippen molar-refractivity contribution in [2.24, 2.45) is 0 Å². The quantitative estimate of drug-likeness (QED) is 0.537. The predicted molar refractivity (Wildman–Crippen MR) is 102 cm³/mol. The number of rotatable bonds is 4.